The molecule has 1 fully saturated rings. The van der Waals surface area contributed by atoms with Gasteiger partial charge in [0.2, 0.25) is 10.0 Å². The SMILES string of the molecule is COc1ccc(S(=O)(=O)N2CCN[C@@H](C)C2)cc1F.Cl. The van der Waals surface area contributed by atoms with E-state index in [-0.39, 0.29) is 29.1 Å². The van der Waals surface area contributed by atoms with E-state index in [1.54, 1.807) is 0 Å². The Balaban J connectivity index is 0.00000200. The zero-order chi connectivity index (χ0) is 14.0. The fourth-order valence-electron chi connectivity index (χ4n) is 2.07. The van der Waals surface area contributed by atoms with Gasteiger partial charge in [0.05, 0.1) is 12.0 Å². The predicted molar refractivity (Wildman–Crippen MR) is 76.4 cm³/mol. The van der Waals surface area contributed by atoms with E-state index in [2.05, 4.69) is 5.32 Å². The van der Waals surface area contributed by atoms with Crippen molar-refractivity contribution in [2.45, 2.75) is 17.9 Å². The van der Waals surface area contributed by atoms with Crippen molar-refractivity contribution in [2.24, 2.45) is 0 Å². The number of benzene rings is 1. The van der Waals surface area contributed by atoms with Crippen LogP contribution in [0.2, 0.25) is 0 Å². The minimum atomic E-state index is -3.64. The van der Waals surface area contributed by atoms with E-state index in [1.165, 1.54) is 23.5 Å². The molecule has 0 spiro atoms. The number of piperazine rings is 1. The van der Waals surface area contributed by atoms with Crippen LogP contribution < -0.4 is 10.1 Å². The second-order valence-electron chi connectivity index (χ2n) is 4.51. The highest BCUT2D eigenvalue weighted by atomic mass is 35.5. The van der Waals surface area contributed by atoms with E-state index in [0.717, 1.165) is 6.07 Å². The number of ether oxygens (including phenoxy) is 1. The number of nitrogens with one attached hydrogen (secondary N) is 1. The standard InChI is InChI=1S/C12H17FN2O3S.ClH/c1-9-8-15(6-5-14-9)19(16,17)10-3-4-12(18-2)11(13)7-10;/h3-4,7,9,14H,5-6,8H2,1-2H3;1H/t9-;/m0./s1. The molecule has 2 rings (SSSR count). The summed E-state index contributed by atoms with van der Waals surface area (Å²) < 4.78 is 44.5. The van der Waals surface area contributed by atoms with Crippen LogP contribution in [-0.2, 0) is 10.0 Å². The van der Waals surface area contributed by atoms with Crippen LogP contribution in [0.4, 0.5) is 4.39 Å². The molecule has 0 bridgehead atoms. The van der Waals surface area contributed by atoms with Gasteiger partial charge in [0, 0.05) is 25.7 Å². The molecule has 0 saturated carbocycles. The van der Waals surface area contributed by atoms with Crippen molar-refractivity contribution in [3.8, 4) is 5.75 Å². The molecule has 1 aromatic rings. The minimum absolute atomic E-state index is 0. The summed E-state index contributed by atoms with van der Waals surface area (Å²) in [7, 11) is -2.31. The smallest absolute Gasteiger partial charge is 0.243 e. The van der Waals surface area contributed by atoms with Gasteiger partial charge < -0.3 is 10.1 Å². The molecule has 0 aromatic heterocycles. The van der Waals surface area contributed by atoms with Crippen molar-refractivity contribution >= 4 is 22.4 Å². The van der Waals surface area contributed by atoms with Crippen LogP contribution in [0.15, 0.2) is 23.1 Å². The first-order valence-corrected chi connectivity index (χ1v) is 7.46. The number of rotatable bonds is 3. The van der Waals surface area contributed by atoms with Crippen molar-refractivity contribution in [1.29, 1.82) is 0 Å². The molecule has 0 radical (unpaired) electrons. The highest BCUT2D eigenvalue weighted by Crippen LogP contribution is 2.23. The highest BCUT2D eigenvalue weighted by Gasteiger charge is 2.29. The van der Waals surface area contributed by atoms with Gasteiger partial charge in [0.1, 0.15) is 0 Å². The summed E-state index contributed by atoms with van der Waals surface area (Å²) in [4.78, 5) is -0.0418. The first-order valence-electron chi connectivity index (χ1n) is 6.02. The Bertz CT molecular complexity index is 568. The lowest BCUT2D eigenvalue weighted by Crippen LogP contribution is -2.51. The van der Waals surface area contributed by atoms with Gasteiger partial charge in [0.15, 0.2) is 11.6 Å². The maximum atomic E-state index is 13.6. The van der Waals surface area contributed by atoms with E-state index in [4.69, 9.17) is 4.74 Å². The monoisotopic (exact) mass is 324 g/mol. The number of hydrogen-bond donors (Lipinski definition) is 1. The van der Waals surface area contributed by atoms with Crippen LogP contribution in [0.3, 0.4) is 0 Å². The minimum Gasteiger partial charge on any atom is -0.494 e. The Kier molecular flexibility index (Phi) is 5.76. The molecule has 1 N–H and O–H groups in total. The third-order valence-electron chi connectivity index (χ3n) is 3.09. The molecular weight excluding hydrogens is 307 g/mol. The molecule has 20 heavy (non-hydrogen) atoms. The Morgan fingerprint density at radius 1 is 1.45 bits per heavy atom. The Hall–Kier alpha value is -0.890. The number of halogens is 2. The molecule has 8 heteroatoms. The van der Waals surface area contributed by atoms with E-state index >= 15 is 0 Å². The third kappa shape index (κ3) is 3.41. The second-order valence-corrected chi connectivity index (χ2v) is 6.45. The van der Waals surface area contributed by atoms with Crippen LogP contribution in [0.5, 0.6) is 5.75 Å². The molecule has 5 nitrogen and oxygen atoms in total. The Morgan fingerprint density at radius 3 is 2.70 bits per heavy atom. The van der Waals surface area contributed by atoms with Crippen LogP contribution in [0, 0.1) is 5.82 Å². The molecule has 1 heterocycles. The second kappa shape index (κ2) is 6.71. The Morgan fingerprint density at radius 2 is 2.15 bits per heavy atom. The summed E-state index contributed by atoms with van der Waals surface area (Å²) in [5, 5.41) is 3.16. The average molecular weight is 325 g/mol. The molecule has 1 aliphatic heterocycles. The zero-order valence-electron chi connectivity index (χ0n) is 11.3. The molecule has 0 aliphatic carbocycles. The maximum absolute atomic E-state index is 13.6. The third-order valence-corrected chi connectivity index (χ3v) is 4.95. The topological polar surface area (TPSA) is 58.6 Å². The van der Waals surface area contributed by atoms with Gasteiger partial charge in [0.25, 0.3) is 0 Å². The van der Waals surface area contributed by atoms with Crippen LogP contribution in [-0.4, -0.2) is 45.5 Å². The largest absolute Gasteiger partial charge is 0.494 e. The molecule has 1 saturated heterocycles. The van der Waals surface area contributed by atoms with Crippen molar-refractivity contribution < 1.29 is 17.5 Å². The molecule has 0 amide bonds. The summed E-state index contributed by atoms with van der Waals surface area (Å²) in [5.41, 5.74) is 0. The highest BCUT2D eigenvalue weighted by molar-refractivity contribution is 7.89. The Labute approximate surface area is 124 Å². The number of sulfonamides is 1. The molecular formula is C12H18ClFN2O3S. The van der Waals surface area contributed by atoms with Gasteiger partial charge >= 0.3 is 0 Å². The van der Waals surface area contributed by atoms with Gasteiger partial charge in [-0.15, -0.1) is 12.4 Å². The van der Waals surface area contributed by atoms with Gasteiger partial charge in [-0.1, -0.05) is 0 Å². The number of hydrogen-bond acceptors (Lipinski definition) is 4. The lowest BCUT2D eigenvalue weighted by atomic mass is 10.3. The summed E-state index contributed by atoms with van der Waals surface area (Å²) in [6, 6.07) is 3.78. The molecule has 1 atom stereocenters. The predicted octanol–water partition coefficient (Wildman–Crippen LogP) is 1.24. The fourth-order valence-corrected chi connectivity index (χ4v) is 3.61. The van der Waals surface area contributed by atoms with Gasteiger partial charge in [-0.25, -0.2) is 12.8 Å². The van der Waals surface area contributed by atoms with Gasteiger partial charge in [-0.2, -0.15) is 4.31 Å². The van der Waals surface area contributed by atoms with Crippen molar-refractivity contribution in [3.05, 3.63) is 24.0 Å². The number of methoxy groups -OCH3 is 1. The van der Waals surface area contributed by atoms with Crippen LogP contribution >= 0.6 is 12.4 Å². The van der Waals surface area contributed by atoms with Crippen LogP contribution in [0.25, 0.3) is 0 Å². The molecule has 114 valence electrons. The summed E-state index contributed by atoms with van der Waals surface area (Å²) in [5.74, 6) is -0.639. The normalized spacial score (nSPS) is 20.2. The number of nitrogens with zero attached hydrogens (tertiary/aromatic N) is 1. The summed E-state index contributed by atoms with van der Waals surface area (Å²) in [6.45, 7) is 3.28. The lowest BCUT2D eigenvalue weighted by molar-refractivity contribution is 0.310. The summed E-state index contributed by atoms with van der Waals surface area (Å²) >= 11 is 0. The first-order chi connectivity index (χ1) is 8.95. The maximum Gasteiger partial charge on any atom is 0.243 e. The lowest BCUT2D eigenvalue weighted by Gasteiger charge is -2.31. The molecule has 0 unspecified atom stereocenters. The quantitative estimate of drug-likeness (QED) is 0.909. The van der Waals surface area contributed by atoms with Crippen LogP contribution in [0.1, 0.15) is 6.92 Å². The van der Waals surface area contributed by atoms with E-state index in [0.29, 0.717) is 19.6 Å². The zero-order valence-corrected chi connectivity index (χ0v) is 12.9. The summed E-state index contributed by atoms with van der Waals surface area (Å²) in [6.07, 6.45) is 0. The van der Waals surface area contributed by atoms with Gasteiger partial charge in [-0.05, 0) is 25.1 Å². The van der Waals surface area contributed by atoms with E-state index < -0.39 is 15.8 Å². The van der Waals surface area contributed by atoms with Gasteiger partial charge in [-0.3, -0.25) is 0 Å². The first kappa shape index (κ1) is 17.2. The van der Waals surface area contributed by atoms with Crippen molar-refractivity contribution in [2.75, 3.05) is 26.7 Å². The van der Waals surface area contributed by atoms with E-state index in [9.17, 15) is 12.8 Å². The fraction of sp³-hybridized carbons (Fsp3) is 0.500. The van der Waals surface area contributed by atoms with E-state index in [1.807, 2.05) is 6.92 Å². The van der Waals surface area contributed by atoms with Crippen molar-refractivity contribution in [3.63, 3.8) is 0 Å². The average Bonchev–Trinajstić information content (AvgIpc) is 2.38. The molecule has 1 aromatic carbocycles. The van der Waals surface area contributed by atoms with Crippen molar-refractivity contribution in [1.82, 2.24) is 9.62 Å². The molecule has 1 aliphatic rings.